The fourth-order valence-corrected chi connectivity index (χ4v) is 6.72. The maximum Gasteiger partial charge on any atom is 0.148 e. The second-order valence-corrected chi connectivity index (χ2v) is 10.5. The van der Waals surface area contributed by atoms with E-state index in [1.807, 2.05) is 6.07 Å². The number of hydrogen-bond donors (Lipinski definition) is 0. The first-order valence-electron chi connectivity index (χ1n) is 12.1. The predicted molar refractivity (Wildman–Crippen MR) is 156 cm³/mol. The number of hydrogen-bond acceptors (Lipinski definition) is 5. The Balaban J connectivity index is 1.55. The van der Waals surface area contributed by atoms with Gasteiger partial charge in [-0.15, -0.1) is 11.3 Å². The molecule has 0 amide bonds. The minimum Gasteiger partial charge on any atom is -0.292 e. The molecule has 0 saturated carbocycles. The molecule has 0 atom stereocenters. The minimum absolute atomic E-state index is 0.873. The van der Waals surface area contributed by atoms with Crippen LogP contribution in [-0.4, -0.2) is 18.3 Å². The fraction of sp³-hybridized carbons (Fsp3) is 0. The zero-order valence-corrected chi connectivity index (χ0v) is 21.1. The van der Waals surface area contributed by atoms with Crippen molar-refractivity contribution in [3.63, 3.8) is 0 Å². The van der Waals surface area contributed by atoms with Crippen LogP contribution in [0.25, 0.3) is 71.1 Å². The van der Waals surface area contributed by atoms with Gasteiger partial charge in [0.15, 0.2) is 0 Å². The van der Waals surface area contributed by atoms with Crippen LogP contribution in [0.3, 0.4) is 0 Å². The number of rotatable bonds is 3. The first-order valence-corrected chi connectivity index (χ1v) is 13.7. The van der Waals surface area contributed by atoms with Crippen LogP contribution >= 0.6 is 23.1 Å². The molecule has 3 heterocycles. The predicted octanol–water partition coefficient (Wildman–Crippen LogP) is 8.73. The third kappa shape index (κ3) is 3.03. The van der Waals surface area contributed by atoms with Gasteiger partial charge in [-0.05, 0) is 40.4 Å². The lowest BCUT2D eigenvalue weighted by Crippen LogP contribution is -1.98. The number of nitrogens with zero attached hydrogens (tertiary/aromatic N) is 4. The van der Waals surface area contributed by atoms with E-state index in [-0.39, 0.29) is 0 Å². The van der Waals surface area contributed by atoms with Crippen LogP contribution in [0, 0.1) is 0 Å². The Bertz CT molecular complexity index is 2090. The molecule has 4 nitrogen and oxygen atoms in total. The Morgan fingerprint density at radius 2 is 1.19 bits per heavy atom. The van der Waals surface area contributed by atoms with E-state index >= 15 is 0 Å². The molecule has 0 radical (unpaired) electrons. The van der Waals surface area contributed by atoms with Gasteiger partial charge in [-0.25, -0.2) is 4.98 Å². The molecule has 8 rings (SSSR count). The molecule has 0 unspecified atom stereocenters. The number of fused-ring (bicyclic) bond motifs is 7. The third-order valence-corrected chi connectivity index (χ3v) is 8.42. The highest BCUT2D eigenvalue weighted by molar-refractivity contribution is 7.13. The van der Waals surface area contributed by atoms with Gasteiger partial charge in [-0.2, -0.15) is 8.75 Å². The molecule has 0 N–H and O–H groups in total. The van der Waals surface area contributed by atoms with Crippen molar-refractivity contribution >= 4 is 66.7 Å². The van der Waals surface area contributed by atoms with Crippen LogP contribution in [0.4, 0.5) is 0 Å². The molecule has 0 saturated heterocycles. The first kappa shape index (κ1) is 20.8. The number of aromatic nitrogens is 4. The highest BCUT2D eigenvalue weighted by Crippen LogP contribution is 2.41. The summed E-state index contributed by atoms with van der Waals surface area (Å²) in [5.74, 6) is 0.873. The average molecular weight is 511 g/mol. The van der Waals surface area contributed by atoms with Crippen molar-refractivity contribution in [2.75, 3.05) is 0 Å². The van der Waals surface area contributed by atoms with Gasteiger partial charge in [0.1, 0.15) is 16.9 Å². The van der Waals surface area contributed by atoms with Gasteiger partial charge in [0.05, 0.1) is 22.8 Å². The molecule has 174 valence electrons. The molecule has 0 aliphatic carbocycles. The summed E-state index contributed by atoms with van der Waals surface area (Å²) in [6.07, 6.45) is 0. The Labute approximate surface area is 220 Å². The quantitative estimate of drug-likeness (QED) is 0.223. The minimum atomic E-state index is 0.873. The SMILES string of the molecule is c1ccc(-n2c(-c3ccc(-c4cccs4)c4nsnc34)nc3c4ccccc4c4ccccc4c32)cc1. The lowest BCUT2D eigenvalue weighted by Gasteiger charge is -2.13. The highest BCUT2D eigenvalue weighted by atomic mass is 32.1. The third-order valence-electron chi connectivity index (χ3n) is 6.99. The van der Waals surface area contributed by atoms with Crippen molar-refractivity contribution in [3.8, 4) is 27.5 Å². The van der Waals surface area contributed by atoms with Gasteiger partial charge in [-0.1, -0.05) is 78.9 Å². The topological polar surface area (TPSA) is 43.6 Å². The number of thiophene rings is 1. The van der Waals surface area contributed by atoms with Crippen LogP contribution in [0.1, 0.15) is 0 Å². The van der Waals surface area contributed by atoms with E-state index < -0.39 is 0 Å². The molecule has 3 aromatic heterocycles. The Kier molecular flexibility index (Phi) is 4.53. The smallest absolute Gasteiger partial charge is 0.148 e. The van der Waals surface area contributed by atoms with Gasteiger partial charge >= 0.3 is 0 Å². The van der Waals surface area contributed by atoms with E-state index in [1.54, 1.807) is 11.3 Å². The summed E-state index contributed by atoms with van der Waals surface area (Å²) in [5, 5.41) is 6.86. The van der Waals surface area contributed by atoms with Gasteiger partial charge in [0.2, 0.25) is 0 Å². The van der Waals surface area contributed by atoms with Crippen molar-refractivity contribution in [2.45, 2.75) is 0 Å². The molecule has 37 heavy (non-hydrogen) atoms. The van der Waals surface area contributed by atoms with E-state index in [4.69, 9.17) is 13.7 Å². The van der Waals surface area contributed by atoms with Crippen LogP contribution < -0.4 is 0 Å². The number of benzene rings is 5. The summed E-state index contributed by atoms with van der Waals surface area (Å²) in [6, 6.07) is 36.2. The van der Waals surface area contributed by atoms with Gasteiger partial charge in [0.25, 0.3) is 0 Å². The van der Waals surface area contributed by atoms with Gasteiger partial charge < -0.3 is 0 Å². The molecule has 0 aliphatic heterocycles. The van der Waals surface area contributed by atoms with E-state index in [2.05, 4.69) is 107 Å². The van der Waals surface area contributed by atoms with Crippen LogP contribution in [0.5, 0.6) is 0 Å². The molecule has 0 fully saturated rings. The second-order valence-electron chi connectivity index (χ2n) is 8.99. The number of para-hydroxylation sites is 1. The summed E-state index contributed by atoms with van der Waals surface area (Å²) in [7, 11) is 0. The Morgan fingerprint density at radius 1 is 0.541 bits per heavy atom. The van der Waals surface area contributed by atoms with Crippen molar-refractivity contribution < 1.29 is 0 Å². The van der Waals surface area contributed by atoms with E-state index in [0.29, 0.717) is 0 Å². The van der Waals surface area contributed by atoms with E-state index in [9.17, 15) is 0 Å². The van der Waals surface area contributed by atoms with Gasteiger partial charge in [0, 0.05) is 32.5 Å². The lowest BCUT2D eigenvalue weighted by molar-refractivity contribution is 1.11. The van der Waals surface area contributed by atoms with Crippen molar-refractivity contribution in [1.29, 1.82) is 0 Å². The molecule has 5 aromatic carbocycles. The van der Waals surface area contributed by atoms with Crippen molar-refractivity contribution in [3.05, 3.63) is 109 Å². The zero-order chi connectivity index (χ0) is 24.3. The molecular formula is C31H18N4S2. The first-order chi connectivity index (χ1) is 18.4. The molecule has 6 heteroatoms. The van der Waals surface area contributed by atoms with E-state index in [0.717, 1.165) is 50.1 Å². The average Bonchev–Trinajstić information content (AvgIpc) is 3.73. The normalized spacial score (nSPS) is 11.8. The Hall–Kier alpha value is -4.39. The van der Waals surface area contributed by atoms with Crippen LogP contribution in [0.15, 0.2) is 109 Å². The molecule has 8 aromatic rings. The lowest BCUT2D eigenvalue weighted by atomic mass is 10.00. The monoisotopic (exact) mass is 510 g/mol. The summed E-state index contributed by atoms with van der Waals surface area (Å²) < 4.78 is 11.8. The van der Waals surface area contributed by atoms with Crippen molar-refractivity contribution in [1.82, 2.24) is 18.3 Å². The molecule has 0 bridgehead atoms. The maximum atomic E-state index is 5.36. The molecule has 0 aliphatic rings. The van der Waals surface area contributed by atoms with Crippen LogP contribution in [-0.2, 0) is 0 Å². The summed E-state index contributed by atoms with van der Waals surface area (Å²) in [5.41, 5.74) is 7.07. The zero-order valence-electron chi connectivity index (χ0n) is 19.5. The second kappa shape index (κ2) is 8.06. The van der Waals surface area contributed by atoms with E-state index in [1.165, 1.54) is 32.8 Å². The maximum absolute atomic E-state index is 5.36. The largest absolute Gasteiger partial charge is 0.292 e. The van der Waals surface area contributed by atoms with Gasteiger partial charge in [-0.3, -0.25) is 4.57 Å². The molecule has 0 spiro atoms. The summed E-state index contributed by atoms with van der Waals surface area (Å²) in [4.78, 5) is 6.55. The molecular weight excluding hydrogens is 493 g/mol. The number of imidazole rings is 1. The van der Waals surface area contributed by atoms with Crippen molar-refractivity contribution in [2.24, 2.45) is 0 Å². The standard InChI is InChI=1S/C31H18N4S2/c1-2-9-19(10-3-1)35-30-23-14-7-5-12-21(23)20-11-4-6-13-22(20)29(30)32-31(35)25-17-16-24(26-15-8-18-36-26)27-28(25)34-37-33-27/h1-18H. The fourth-order valence-electron chi connectivity index (χ4n) is 5.39. The summed E-state index contributed by atoms with van der Waals surface area (Å²) in [6.45, 7) is 0. The highest BCUT2D eigenvalue weighted by Gasteiger charge is 2.23. The Morgan fingerprint density at radius 3 is 1.95 bits per heavy atom. The summed E-state index contributed by atoms with van der Waals surface area (Å²) >= 11 is 2.97. The van der Waals surface area contributed by atoms with Crippen LogP contribution in [0.2, 0.25) is 0 Å².